The first-order valence-electron chi connectivity index (χ1n) is 25.3. The summed E-state index contributed by atoms with van der Waals surface area (Å²) in [5.41, 5.74) is 5.93. The van der Waals surface area contributed by atoms with Gasteiger partial charge in [-0.15, -0.1) is 16.6 Å². The van der Waals surface area contributed by atoms with E-state index in [0.29, 0.717) is 53.5 Å². The number of aliphatic hydroxyl groups is 1. The molecule has 3 aromatic heterocycles. The van der Waals surface area contributed by atoms with Crippen molar-refractivity contribution in [2.24, 2.45) is 5.41 Å². The number of para-hydroxylation sites is 1. The number of aliphatic hydroxyl groups excluding tert-OH is 1. The molecule has 4 aliphatic rings. The summed E-state index contributed by atoms with van der Waals surface area (Å²) in [6.07, 6.45) is 13.0. The van der Waals surface area contributed by atoms with E-state index in [4.69, 9.17) is 26.2 Å². The van der Waals surface area contributed by atoms with Crippen LogP contribution in [-0.2, 0) is 32.1 Å². The van der Waals surface area contributed by atoms with Crippen LogP contribution in [0.15, 0.2) is 67.0 Å². The summed E-state index contributed by atoms with van der Waals surface area (Å²) in [7, 11) is 0. The minimum Gasteiger partial charge on any atom is -0.507 e. The maximum atomic E-state index is 14.6. The first kappa shape index (κ1) is 50.8. The molecule has 9 rings (SSSR count). The summed E-state index contributed by atoms with van der Waals surface area (Å²) in [5, 5.41) is 46.2. The number of terminal acetylenes is 1. The van der Waals surface area contributed by atoms with Gasteiger partial charge in [-0.05, 0) is 105 Å². The number of H-pyrrole nitrogens is 1. The van der Waals surface area contributed by atoms with Crippen molar-refractivity contribution in [3.8, 4) is 29.4 Å². The highest BCUT2D eigenvalue weighted by molar-refractivity contribution is 5.93. The molecule has 4 amide bonds. The molecule has 19 nitrogen and oxygen atoms in total. The third-order valence-electron chi connectivity index (χ3n) is 15.4. The van der Waals surface area contributed by atoms with Gasteiger partial charge in [-0.2, -0.15) is 0 Å². The fourth-order valence-corrected chi connectivity index (χ4v) is 11.1. The normalized spacial score (nSPS) is 20.4. The predicted molar refractivity (Wildman–Crippen MR) is 272 cm³/mol. The molecule has 0 spiro atoms. The molecule has 384 valence electrons. The van der Waals surface area contributed by atoms with Crippen molar-refractivity contribution in [2.75, 3.05) is 57.4 Å². The van der Waals surface area contributed by atoms with E-state index in [1.165, 1.54) is 4.90 Å². The number of carboxylic acids is 1. The van der Waals surface area contributed by atoms with Gasteiger partial charge in [0.15, 0.2) is 5.65 Å². The minimum absolute atomic E-state index is 0.0217. The molecule has 2 aromatic carbocycles. The number of hydrogen-bond donors (Lipinski definition) is 6. The molecule has 4 atom stereocenters. The van der Waals surface area contributed by atoms with Crippen LogP contribution in [0.1, 0.15) is 99.2 Å². The van der Waals surface area contributed by atoms with Crippen molar-refractivity contribution in [3.05, 3.63) is 94.9 Å². The van der Waals surface area contributed by atoms with Crippen molar-refractivity contribution in [1.29, 1.82) is 0 Å². The molecule has 0 aliphatic carbocycles. The Hall–Kier alpha value is -7.14. The molecule has 0 unspecified atom stereocenters. The highest BCUT2D eigenvalue weighted by Crippen LogP contribution is 2.39. The molecule has 3 fully saturated rings. The topological polar surface area (TPSA) is 243 Å². The number of fused-ring (bicyclic) bond motifs is 3. The zero-order valence-corrected chi connectivity index (χ0v) is 41.7. The molecule has 3 saturated heterocycles. The number of aromatic hydroxyl groups is 1. The Morgan fingerprint density at radius 1 is 0.973 bits per heavy atom. The van der Waals surface area contributed by atoms with Crippen LogP contribution in [-0.4, -0.2) is 156 Å². The van der Waals surface area contributed by atoms with E-state index in [9.17, 15) is 29.4 Å². The summed E-state index contributed by atoms with van der Waals surface area (Å²) >= 11 is 0. The molecular weight excluding hydrogens is 931 g/mol. The number of phenolic OH excluding ortho intramolecular Hbond substituents is 1. The first-order valence-corrected chi connectivity index (χ1v) is 25.3. The lowest BCUT2D eigenvalue weighted by Gasteiger charge is -2.43. The van der Waals surface area contributed by atoms with E-state index in [2.05, 4.69) is 48.5 Å². The lowest BCUT2D eigenvalue weighted by atomic mass is 9.80. The third kappa shape index (κ3) is 11.3. The average Bonchev–Trinajstić information content (AvgIpc) is 3.99. The predicted octanol–water partition coefficient (Wildman–Crippen LogP) is 4.74. The SMILES string of the molecule is C#Cc1ccc(CNC(=O)[C@@H]2C[C@@H](O)CN2C(=O)[C@H](NC(=O)N2CCC(N3CCC(c4cnc(N5CCc6[nH]c7nnc(-c8ccccc8O)cc7c6[C@H]5C)nc4)CC3)CC2)C(C)(C)CCOCC(=O)O)cc1. The number of nitrogens with zero attached hydrogens (tertiary/aromatic N) is 8. The van der Waals surface area contributed by atoms with E-state index in [0.717, 1.165) is 79.5 Å². The van der Waals surface area contributed by atoms with Crippen molar-refractivity contribution in [2.45, 2.75) is 108 Å². The van der Waals surface area contributed by atoms with E-state index in [1.54, 1.807) is 43.0 Å². The summed E-state index contributed by atoms with van der Waals surface area (Å²) in [4.78, 5) is 74.6. The lowest BCUT2D eigenvalue weighted by molar-refractivity contribution is -0.144. The van der Waals surface area contributed by atoms with Crippen LogP contribution >= 0.6 is 0 Å². The second-order valence-electron chi connectivity index (χ2n) is 20.5. The van der Waals surface area contributed by atoms with Gasteiger partial charge in [0.1, 0.15) is 24.4 Å². The van der Waals surface area contributed by atoms with Gasteiger partial charge in [-0.25, -0.2) is 19.6 Å². The van der Waals surface area contributed by atoms with Crippen LogP contribution in [0.3, 0.4) is 0 Å². The van der Waals surface area contributed by atoms with Gasteiger partial charge in [-0.1, -0.05) is 44.0 Å². The second kappa shape index (κ2) is 21.9. The van der Waals surface area contributed by atoms with Crippen LogP contribution < -0.4 is 15.5 Å². The summed E-state index contributed by atoms with van der Waals surface area (Å²) in [6, 6.07) is 14.1. The van der Waals surface area contributed by atoms with Crippen LogP contribution in [0, 0.1) is 17.8 Å². The van der Waals surface area contributed by atoms with E-state index >= 15 is 0 Å². The number of carbonyl (C=O) groups excluding carboxylic acids is 3. The largest absolute Gasteiger partial charge is 0.507 e. The maximum Gasteiger partial charge on any atom is 0.329 e. The number of carboxylic acid groups (broad SMARTS) is 1. The number of phenols is 1. The lowest BCUT2D eigenvalue weighted by Crippen LogP contribution is -2.61. The van der Waals surface area contributed by atoms with Gasteiger partial charge < -0.3 is 55.3 Å². The van der Waals surface area contributed by atoms with E-state index < -0.39 is 54.0 Å². The number of aromatic nitrogens is 5. The van der Waals surface area contributed by atoms with Gasteiger partial charge in [0.05, 0.1) is 17.8 Å². The number of aliphatic carboxylic acids is 1. The zero-order valence-electron chi connectivity index (χ0n) is 41.7. The molecular formula is C54H65N11O8. The number of carbonyl (C=O) groups is 4. The number of β-amino-alcohol motifs (C(OH)–C–C–N with tert-alkyl or cyclic N) is 1. The van der Waals surface area contributed by atoms with Gasteiger partial charge in [0.2, 0.25) is 17.8 Å². The number of aromatic amines is 1. The van der Waals surface area contributed by atoms with Gasteiger partial charge >= 0.3 is 12.0 Å². The molecule has 0 saturated carbocycles. The van der Waals surface area contributed by atoms with Crippen molar-refractivity contribution < 1.29 is 39.2 Å². The number of amides is 4. The molecule has 6 N–H and O–H groups in total. The fourth-order valence-electron chi connectivity index (χ4n) is 11.1. The number of anilines is 1. The number of hydrogen-bond acceptors (Lipinski definition) is 13. The number of piperidine rings is 2. The molecule has 4 aliphatic heterocycles. The van der Waals surface area contributed by atoms with E-state index in [1.807, 2.05) is 42.7 Å². The number of rotatable bonds is 15. The summed E-state index contributed by atoms with van der Waals surface area (Å²) in [5.74, 6) is 1.67. The first-order chi connectivity index (χ1) is 35.2. The molecule has 5 aromatic rings. The highest BCUT2D eigenvalue weighted by Gasteiger charge is 2.46. The number of ether oxygens (including phenoxy) is 1. The standard InChI is InChI=1S/C54H65N11O8/c1-5-34-10-12-35(13-11-34)28-55-50(70)44-26-39(66)31-65(44)51(71)48(54(3,4)19-25-73-32-46(68)69)59-53(72)63-22-16-38(17-23-63)62-20-14-36(15-21-62)37-29-56-52(57-30-37)64-24-18-42-47(33(64)2)41-27-43(60-61-49(41)58-42)40-8-6-7-9-45(40)67/h1,6-13,27,29-30,33,36,38-39,44,48,66-67H,14-26,28,31-32H2,2-4H3,(H,55,70)(H,58,61)(H,59,72)(H,68,69)/t33-,39-,44+,48+/m1/s1. The third-order valence-corrected chi connectivity index (χ3v) is 15.4. The molecule has 7 heterocycles. The van der Waals surface area contributed by atoms with Crippen molar-refractivity contribution in [3.63, 3.8) is 0 Å². The van der Waals surface area contributed by atoms with Gasteiger partial charge in [-0.3, -0.25) is 9.59 Å². The monoisotopic (exact) mass is 996 g/mol. The number of urea groups is 1. The smallest absolute Gasteiger partial charge is 0.329 e. The van der Waals surface area contributed by atoms with E-state index in [-0.39, 0.29) is 44.3 Å². The van der Waals surface area contributed by atoms with Crippen LogP contribution in [0.2, 0.25) is 0 Å². The number of nitrogens with one attached hydrogen (secondary N) is 3. The van der Waals surface area contributed by atoms with Crippen LogP contribution in [0.25, 0.3) is 22.3 Å². The Morgan fingerprint density at radius 3 is 2.40 bits per heavy atom. The Bertz CT molecular complexity index is 2830. The Balaban J connectivity index is 0.787. The maximum absolute atomic E-state index is 14.6. The molecule has 73 heavy (non-hydrogen) atoms. The van der Waals surface area contributed by atoms with Crippen molar-refractivity contribution in [1.82, 2.24) is 50.5 Å². The quantitative estimate of drug-likeness (QED) is 0.0614. The number of likely N-dealkylation sites (tertiary alicyclic amines) is 3. The minimum atomic E-state index is -1.12. The van der Waals surface area contributed by atoms with Crippen LogP contribution in [0.4, 0.5) is 10.7 Å². The fraction of sp³-hybridized carbons (Fsp3) is 0.481. The summed E-state index contributed by atoms with van der Waals surface area (Å²) in [6.45, 7) is 8.94. The Labute approximate surface area is 424 Å². The highest BCUT2D eigenvalue weighted by atomic mass is 16.5. The van der Waals surface area contributed by atoms with Gasteiger partial charge in [0, 0.05) is 98.4 Å². The average molecular weight is 996 g/mol. The number of benzene rings is 2. The molecule has 0 radical (unpaired) electrons. The van der Waals surface area contributed by atoms with Gasteiger partial charge in [0.25, 0.3) is 0 Å². The molecule has 0 bridgehead atoms. The Kier molecular flexibility index (Phi) is 15.2. The Morgan fingerprint density at radius 2 is 1.70 bits per heavy atom. The van der Waals surface area contributed by atoms with Crippen LogP contribution in [0.5, 0.6) is 5.75 Å². The summed E-state index contributed by atoms with van der Waals surface area (Å²) < 4.78 is 5.35. The van der Waals surface area contributed by atoms with Crippen molar-refractivity contribution >= 4 is 40.8 Å². The second-order valence-corrected chi connectivity index (χ2v) is 20.5. The zero-order chi connectivity index (χ0) is 51.4. The molecule has 19 heteroatoms.